The maximum atomic E-state index is 12.5. The number of anilines is 2. The van der Waals surface area contributed by atoms with Crippen molar-refractivity contribution in [3.8, 4) is 0 Å². The van der Waals surface area contributed by atoms with Crippen LogP contribution >= 0.6 is 0 Å². The molecule has 0 atom stereocenters. The largest absolute Gasteiger partial charge is 0.471 e. The normalized spacial score (nSPS) is 11.9. The second kappa shape index (κ2) is 8.60. The molecule has 0 aromatic heterocycles. The van der Waals surface area contributed by atoms with Gasteiger partial charge in [-0.15, -0.1) is 0 Å². The molecule has 31 heavy (non-hydrogen) atoms. The summed E-state index contributed by atoms with van der Waals surface area (Å²) in [5, 5.41) is 3.74. The number of alkyl halides is 6. The van der Waals surface area contributed by atoms with Gasteiger partial charge in [-0.3, -0.25) is 9.59 Å². The van der Waals surface area contributed by atoms with Gasteiger partial charge in [-0.1, -0.05) is 24.3 Å². The highest BCUT2D eigenvalue weighted by molar-refractivity contribution is 5.97. The van der Waals surface area contributed by atoms with Gasteiger partial charge in [0, 0.05) is 11.4 Å². The Labute approximate surface area is 174 Å². The highest BCUT2D eigenvalue weighted by Crippen LogP contribution is 2.29. The lowest BCUT2D eigenvalue weighted by Gasteiger charge is -2.17. The van der Waals surface area contributed by atoms with Crippen molar-refractivity contribution in [2.45, 2.75) is 46.5 Å². The summed E-state index contributed by atoms with van der Waals surface area (Å²) in [7, 11) is 0. The Bertz CT molecular complexity index is 898. The maximum absolute atomic E-state index is 12.5. The molecule has 10 heteroatoms. The van der Waals surface area contributed by atoms with Crippen LogP contribution in [0.15, 0.2) is 24.3 Å². The van der Waals surface area contributed by atoms with Gasteiger partial charge < -0.3 is 10.6 Å². The van der Waals surface area contributed by atoms with Crippen LogP contribution in [0.4, 0.5) is 37.7 Å². The summed E-state index contributed by atoms with van der Waals surface area (Å²) in [6, 6.07) is 6.51. The number of nitrogens with one attached hydrogen (secondary N) is 2. The van der Waals surface area contributed by atoms with Gasteiger partial charge in [0.15, 0.2) is 0 Å². The Morgan fingerprint density at radius 3 is 1.13 bits per heavy atom. The molecule has 168 valence electrons. The molecule has 2 aromatic carbocycles. The van der Waals surface area contributed by atoms with E-state index in [1.807, 2.05) is 10.6 Å². The van der Waals surface area contributed by atoms with E-state index in [1.165, 1.54) is 0 Å². The average molecular weight is 446 g/mol. The van der Waals surface area contributed by atoms with Crippen molar-refractivity contribution in [3.63, 3.8) is 0 Å². The highest BCUT2D eigenvalue weighted by Gasteiger charge is 2.39. The van der Waals surface area contributed by atoms with Gasteiger partial charge >= 0.3 is 24.2 Å². The monoisotopic (exact) mass is 446 g/mol. The molecule has 0 unspecified atom stereocenters. The number of carbonyl (C=O) groups excluding carboxylic acids is 2. The fourth-order valence-electron chi connectivity index (χ4n) is 3.31. The fraction of sp³-hybridized carbons (Fsp3) is 0.333. The first kappa shape index (κ1) is 24.2. The zero-order chi connectivity index (χ0) is 23.7. The Morgan fingerprint density at radius 2 is 0.903 bits per heavy atom. The molecule has 2 N–H and O–H groups in total. The molecule has 4 nitrogen and oxygen atoms in total. The van der Waals surface area contributed by atoms with Crippen molar-refractivity contribution >= 4 is 23.2 Å². The van der Waals surface area contributed by atoms with E-state index in [9.17, 15) is 35.9 Å². The summed E-state index contributed by atoms with van der Waals surface area (Å²) in [6.07, 6.45) is -9.66. The minimum absolute atomic E-state index is 0.0728. The third-order valence-corrected chi connectivity index (χ3v) is 4.59. The van der Waals surface area contributed by atoms with Crippen molar-refractivity contribution in [1.82, 2.24) is 0 Å². The number of aryl methyl sites for hydroxylation is 4. The first-order chi connectivity index (χ1) is 14.1. The molecular weight excluding hydrogens is 426 g/mol. The lowest BCUT2D eigenvalue weighted by Crippen LogP contribution is -2.30. The van der Waals surface area contributed by atoms with E-state index in [1.54, 1.807) is 52.0 Å². The number of hydrogen-bond donors (Lipinski definition) is 2. The smallest absolute Gasteiger partial charge is 0.318 e. The molecule has 0 aliphatic rings. The van der Waals surface area contributed by atoms with E-state index in [0.29, 0.717) is 28.7 Å². The van der Waals surface area contributed by atoms with Crippen molar-refractivity contribution in [3.05, 3.63) is 57.6 Å². The number of rotatable bonds is 4. The SMILES string of the molecule is Cc1cc(Cc2cc(C)c(NC(=O)C(F)(F)F)c(C)c2)cc(C)c1NC(=O)C(F)(F)F. The van der Waals surface area contributed by atoms with Crippen LogP contribution in [0.25, 0.3) is 0 Å². The summed E-state index contributed by atoms with van der Waals surface area (Å²) in [4.78, 5) is 22.4. The van der Waals surface area contributed by atoms with Gasteiger partial charge in [0.25, 0.3) is 0 Å². The molecule has 0 saturated carbocycles. The van der Waals surface area contributed by atoms with Crippen LogP contribution in [0.5, 0.6) is 0 Å². The molecule has 2 amide bonds. The Hall–Kier alpha value is -3.04. The number of amides is 2. The minimum atomic E-state index is -5.00. The summed E-state index contributed by atoms with van der Waals surface area (Å²) in [6.45, 7) is 6.26. The van der Waals surface area contributed by atoms with Gasteiger partial charge in [-0.05, 0) is 67.5 Å². The standard InChI is InChI=1S/C21H20F6N2O2/c1-10-5-14(6-11(2)16(10)28-18(30)20(22,23)24)9-15-7-12(3)17(13(4)8-15)29-19(31)21(25,26)27/h5-8H,9H2,1-4H3,(H,28,30)(H,29,31). The molecule has 0 fully saturated rings. The van der Waals surface area contributed by atoms with Crippen LogP contribution in [0.2, 0.25) is 0 Å². The third-order valence-electron chi connectivity index (χ3n) is 4.59. The number of halogens is 6. The summed E-state index contributed by atoms with van der Waals surface area (Å²) in [5.74, 6) is -4.12. The molecule has 0 aliphatic carbocycles. The van der Waals surface area contributed by atoms with Crippen molar-refractivity contribution < 1.29 is 35.9 Å². The summed E-state index contributed by atoms with van der Waals surface area (Å²) < 4.78 is 75.1. The van der Waals surface area contributed by atoms with E-state index in [-0.39, 0.29) is 11.4 Å². The van der Waals surface area contributed by atoms with Gasteiger partial charge in [0.1, 0.15) is 0 Å². The van der Waals surface area contributed by atoms with Crippen LogP contribution in [-0.4, -0.2) is 24.2 Å². The van der Waals surface area contributed by atoms with E-state index in [4.69, 9.17) is 0 Å². The van der Waals surface area contributed by atoms with E-state index >= 15 is 0 Å². The Balaban J connectivity index is 2.27. The van der Waals surface area contributed by atoms with Crippen molar-refractivity contribution in [2.24, 2.45) is 0 Å². The van der Waals surface area contributed by atoms with Crippen LogP contribution in [0.3, 0.4) is 0 Å². The number of hydrogen-bond acceptors (Lipinski definition) is 2. The van der Waals surface area contributed by atoms with Crippen LogP contribution in [-0.2, 0) is 16.0 Å². The van der Waals surface area contributed by atoms with Crippen molar-refractivity contribution in [1.29, 1.82) is 0 Å². The van der Waals surface area contributed by atoms with Gasteiger partial charge in [-0.2, -0.15) is 26.3 Å². The first-order valence-corrected chi connectivity index (χ1v) is 9.06. The van der Waals surface area contributed by atoms with Crippen LogP contribution in [0.1, 0.15) is 33.4 Å². The number of benzene rings is 2. The molecule has 0 spiro atoms. The zero-order valence-corrected chi connectivity index (χ0v) is 17.1. The summed E-state index contributed by atoms with van der Waals surface area (Å²) in [5.41, 5.74) is 3.39. The molecule has 2 rings (SSSR count). The predicted molar refractivity (Wildman–Crippen MR) is 104 cm³/mol. The van der Waals surface area contributed by atoms with Crippen LogP contribution < -0.4 is 10.6 Å². The van der Waals surface area contributed by atoms with Gasteiger partial charge in [-0.25, -0.2) is 0 Å². The topological polar surface area (TPSA) is 58.2 Å². The minimum Gasteiger partial charge on any atom is -0.318 e. The second-order valence-electron chi connectivity index (χ2n) is 7.29. The lowest BCUT2D eigenvalue weighted by atomic mass is 9.96. The molecule has 2 aromatic rings. The fourth-order valence-corrected chi connectivity index (χ4v) is 3.31. The maximum Gasteiger partial charge on any atom is 0.471 e. The lowest BCUT2D eigenvalue weighted by molar-refractivity contribution is -0.167. The molecule has 0 aliphatic heterocycles. The molecule has 0 saturated heterocycles. The van der Waals surface area contributed by atoms with Crippen molar-refractivity contribution in [2.75, 3.05) is 10.6 Å². The Morgan fingerprint density at radius 1 is 0.645 bits per heavy atom. The highest BCUT2D eigenvalue weighted by atomic mass is 19.4. The first-order valence-electron chi connectivity index (χ1n) is 9.06. The molecule has 0 heterocycles. The van der Waals surface area contributed by atoms with Crippen LogP contribution in [0, 0.1) is 27.7 Å². The van der Waals surface area contributed by atoms with Gasteiger partial charge in [0.05, 0.1) is 0 Å². The van der Waals surface area contributed by atoms with E-state index in [0.717, 1.165) is 11.1 Å². The van der Waals surface area contributed by atoms with E-state index < -0.39 is 24.2 Å². The van der Waals surface area contributed by atoms with Gasteiger partial charge in [0.2, 0.25) is 0 Å². The third kappa shape index (κ3) is 5.99. The molecule has 0 radical (unpaired) electrons. The summed E-state index contributed by atoms with van der Waals surface area (Å²) >= 11 is 0. The Kier molecular flexibility index (Phi) is 6.72. The second-order valence-corrected chi connectivity index (χ2v) is 7.29. The average Bonchev–Trinajstić information content (AvgIpc) is 2.59. The quantitative estimate of drug-likeness (QED) is 0.609. The molecular formula is C21H20F6N2O2. The predicted octanol–water partition coefficient (Wildman–Crippen LogP) is 5.51. The zero-order valence-electron chi connectivity index (χ0n) is 17.1. The van der Waals surface area contributed by atoms with E-state index in [2.05, 4.69) is 0 Å². The number of carbonyl (C=O) groups is 2. The molecule has 0 bridgehead atoms.